The zero-order chi connectivity index (χ0) is 16.2. The van der Waals surface area contributed by atoms with Gasteiger partial charge >= 0.3 is 0 Å². The van der Waals surface area contributed by atoms with Crippen molar-refractivity contribution in [3.63, 3.8) is 0 Å². The third kappa shape index (κ3) is 4.18. The average molecular weight is 329 g/mol. The molecule has 0 radical (unpaired) electrons. The number of hydrogen-bond donors (Lipinski definition) is 0. The van der Waals surface area contributed by atoms with E-state index in [1.54, 1.807) is 12.1 Å². The molecule has 1 aromatic heterocycles. The molecule has 0 saturated carbocycles. The lowest BCUT2D eigenvalue weighted by Gasteiger charge is -2.31. The highest BCUT2D eigenvalue weighted by Crippen LogP contribution is 2.23. The molecule has 1 unspecified atom stereocenters. The molecule has 1 atom stereocenters. The summed E-state index contributed by atoms with van der Waals surface area (Å²) in [6.07, 6.45) is 2.01. The van der Waals surface area contributed by atoms with E-state index in [-0.39, 0.29) is 11.7 Å². The number of aromatic nitrogens is 1. The molecule has 0 spiro atoms. The van der Waals surface area contributed by atoms with Gasteiger partial charge < -0.3 is 0 Å². The van der Waals surface area contributed by atoms with E-state index in [0.29, 0.717) is 5.02 Å². The van der Waals surface area contributed by atoms with Gasteiger partial charge in [-0.25, -0.2) is 0 Å². The van der Waals surface area contributed by atoms with Gasteiger partial charge in [-0.1, -0.05) is 17.7 Å². The second-order valence-corrected chi connectivity index (χ2v) is 6.65. The van der Waals surface area contributed by atoms with Gasteiger partial charge in [-0.15, -0.1) is 0 Å². The molecule has 3 nitrogen and oxygen atoms in total. The van der Waals surface area contributed by atoms with Crippen LogP contribution in [-0.4, -0.2) is 28.8 Å². The number of halogens is 1. The number of aryl methyl sites for hydroxylation is 1. The monoisotopic (exact) mass is 328 g/mol. The number of ketones is 1. The topological polar surface area (TPSA) is 33.2 Å². The van der Waals surface area contributed by atoms with Gasteiger partial charge in [-0.2, -0.15) is 0 Å². The number of likely N-dealkylation sites (tertiary alicyclic amines) is 1. The highest BCUT2D eigenvalue weighted by molar-refractivity contribution is 6.30. The number of Topliss-reactive ketones (excluding diaryl/α,β-unsaturated/α-hetero) is 1. The molecule has 1 aliphatic heterocycles. The molecule has 0 aliphatic carbocycles. The van der Waals surface area contributed by atoms with Crippen molar-refractivity contribution < 1.29 is 4.79 Å². The predicted octanol–water partition coefficient (Wildman–Crippen LogP) is 4.14. The van der Waals surface area contributed by atoms with Crippen LogP contribution in [0.15, 0.2) is 42.5 Å². The quantitative estimate of drug-likeness (QED) is 0.791. The molecule has 2 heterocycles. The van der Waals surface area contributed by atoms with Crippen LogP contribution in [0.25, 0.3) is 0 Å². The van der Waals surface area contributed by atoms with Gasteiger partial charge in [0.25, 0.3) is 0 Å². The average Bonchev–Trinajstić information content (AvgIpc) is 2.55. The van der Waals surface area contributed by atoms with Crippen molar-refractivity contribution in [3.05, 3.63) is 64.4 Å². The van der Waals surface area contributed by atoms with Crippen LogP contribution < -0.4 is 0 Å². The van der Waals surface area contributed by atoms with Crippen molar-refractivity contribution in [2.24, 2.45) is 5.92 Å². The largest absolute Gasteiger partial charge is 0.297 e. The van der Waals surface area contributed by atoms with E-state index in [4.69, 9.17) is 11.6 Å². The fraction of sp³-hybridized carbons (Fsp3) is 0.368. The summed E-state index contributed by atoms with van der Waals surface area (Å²) in [5, 5.41) is 0.664. The van der Waals surface area contributed by atoms with Crippen LogP contribution in [0.4, 0.5) is 0 Å². The van der Waals surface area contributed by atoms with Crippen molar-refractivity contribution in [1.82, 2.24) is 9.88 Å². The fourth-order valence-corrected chi connectivity index (χ4v) is 3.31. The second kappa shape index (κ2) is 7.24. The van der Waals surface area contributed by atoms with Gasteiger partial charge in [-0.05, 0) is 62.7 Å². The van der Waals surface area contributed by atoms with E-state index in [0.717, 1.165) is 49.4 Å². The van der Waals surface area contributed by atoms with E-state index >= 15 is 0 Å². The zero-order valence-electron chi connectivity index (χ0n) is 13.3. The van der Waals surface area contributed by atoms with Crippen LogP contribution in [0.3, 0.4) is 0 Å². The number of rotatable bonds is 4. The van der Waals surface area contributed by atoms with Gasteiger partial charge in [0.05, 0.1) is 5.69 Å². The van der Waals surface area contributed by atoms with Crippen LogP contribution in [0, 0.1) is 12.8 Å². The van der Waals surface area contributed by atoms with E-state index < -0.39 is 0 Å². The molecule has 1 aliphatic rings. The third-order valence-corrected chi connectivity index (χ3v) is 4.59. The smallest absolute Gasteiger partial charge is 0.167 e. The Morgan fingerprint density at radius 3 is 2.78 bits per heavy atom. The maximum atomic E-state index is 12.7. The molecule has 3 rings (SSSR count). The Labute approximate surface area is 142 Å². The first-order valence-corrected chi connectivity index (χ1v) is 8.44. The Morgan fingerprint density at radius 2 is 2.04 bits per heavy atom. The minimum Gasteiger partial charge on any atom is -0.297 e. The summed E-state index contributed by atoms with van der Waals surface area (Å²) >= 11 is 5.90. The van der Waals surface area contributed by atoms with E-state index in [1.165, 1.54) is 0 Å². The molecule has 0 N–H and O–H groups in total. The molecule has 23 heavy (non-hydrogen) atoms. The molecular formula is C19H21ClN2O. The highest BCUT2D eigenvalue weighted by Gasteiger charge is 2.26. The summed E-state index contributed by atoms with van der Waals surface area (Å²) in [7, 11) is 0. The second-order valence-electron chi connectivity index (χ2n) is 6.22. The summed E-state index contributed by atoms with van der Waals surface area (Å²) in [4.78, 5) is 19.6. The zero-order valence-corrected chi connectivity index (χ0v) is 14.1. The van der Waals surface area contributed by atoms with Gasteiger partial charge in [0, 0.05) is 35.3 Å². The summed E-state index contributed by atoms with van der Waals surface area (Å²) in [5.74, 6) is 0.290. The van der Waals surface area contributed by atoms with Crippen molar-refractivity contribution in [2.75, 3.05) is 13.1 Å². The first-order chi connectivity index (χ1) is 11.1. The summed E-state index contributed by atoms with van der Waals surface area (Å²) < 4.78 is 0. The van der Waals surface area contributed by atoms with Gasteiger partial charge in [0.15, 0.2) is 5.78 Å². The SMILES string of the molecule is Cc1cccc(CN2CCCC(C(=O)c3ccc(Cl)cc3)C2)n1. The van der Waals surface area contributed by atoms with Crippen LogP contribution >= 0.6 is 11.6 Å². The van der Waals surface area contributed by atoms with Crippen molar-refractivity contribution in [3.8, 4) is 0 Å². The van der Waals surface area contributed by atoms with Gasteiger partial charge in [0.1, 0.15) is 0 Å². The van der Waals surface area contributed by atoms with Crippen LogP contribution in [0.2, 0.25) is 5.02 Å². The van der Waals surface area contributed by atoms with Gasteiger partial charge in [0.2, 0.25) is 0 Å². The molecule has 1 saturated heterocycles. The molecular weight excluding hydrogens is 308 g/mol. The number of nitrogens with zero attached hydrogens (tertiary/aromatic N) is 2. The van der Waals surface area contributed by atoms with Crippen LogP contribution in [0.5, 0.6) is 0 Å². The number of hydrogen-bond acceptors (Lipinski definition) is 3. The Balaban J connectivity index is 1.66. The number of carbonyl (C=O) groups excluding carboxylic acids is 1. The lowest BCUT2D eigenvalue weighted by Crippen LogP contribution is -2.38. The first-order valence-electron chi connectivity index (χ1n) is 8.06. The summed E-state index contributed by atoms with van der Waals surface area (Å²) in [5.41, 5.74) is 2.87. The minimum absolute atomic E-state index is 0.0646. The fourth-order valence-electron chi connectivity index (χ4n) is 3.18. The predicted molar refractivity (Wildman–Crippen MR) is 92.8 cm³/mol. The number of benzene rings is 1. The number of pyridine rings is 1. The molecule has 0 bridgehead atoms. The van der Waals surface area contributed by atoms with Gasteiger partial charge in [-0.3, -0.25) is 14.7 Å². The van der Waals surface area contributed by atoms with Crippen LogP contribution in [-0.2, 0) is 6.54 Å². The molecule has 2 aromatic rings. The molecule has 120 valence electrons. The Kier molecular flexibility index (Phi) is 5.09. The molecule has 1 aromatic carbocycles. The van der Waals surface area contributed by atoms with Crippen molar-refractivity contribution in [1.29, 1.82) is 0 Å². The highest BCUT2D eigenvalue weighted by atomic mass is 35.5. The third-order valence-electron chi connectivity index (χ3n) is 4.34. The van der Waals surface area contributed by atoms with E-state index in [1.807, 2.05) is 31.2 Å². The Hall–Kier alpha value is -1.71. The Bertz CT molecular complexity index is 684. The summed E-state index contributed by atoms with van der Waals surface area (Å²) in [6.45, 7) is 4.65. The lowest BCUT2D eigenvalue weighted by atomic mass is 9.90. The van der Waals surface area contributed by atoms with Crippen LogP contribution in [0.1, 0.15) is 34.6 Å². The van der Waals surface area contributed by atoms with E-state index in [9.17, 15) is 4.79 Å². The van der Waals surface area contributed by atoms with Crippen molar-refractivity contribution >= 4 is 17.4 Å². The summed E-state index contributed by atoms with van der Waals surface area (Å²) in [6, 6.07) is 13.3. The number of carbonyl (C=O) groups is 1. The first kappa shape index (κ1) is 16.2. The molecule has 0 amide bonds. The molecule has 4 heteroatoms. The lowest BCUT2D eigenvalue weighted by molar-refractivity contribution is 0.0810. The maximum Gasteiger partial charge on any atom is 0.167 e. The minimum atomic E-state index is 0.0646. The number of piperidine rings is 1. The maximum absolute atomic E-state index is 12.7. The van der Waals surface area contributed by atoms with Crippen molar-refractivity contribution in [2.45, 2.75) is 26.3 Å². The molecule has 1 fully saturated rings. The van der Waals surface area contributed by atoms with E-state index in [2.05, 4.69) is 16.0 Å². The Morgan fingerprint density at radius 1 is 1.26 bits per heavy atom. The standard InChI is InChI=1S/C19H21ClN2O/c1-14-4-2-6-18(21-14)13-22-11-3-5-16(12-22)19(23)15-7-9-17(20)10-8-15/h2,4,6-10,16H,3,5,11-13H2,1H3. The normalized spacial score (nSPS) is 18.8.